The molecule has 2 heterocycles. The van der Waals surface area contributed by atoms with E-state index in [2.05, 4.69) is 36.7 Å². The number of aromatic nitrogens is 2. The van der Waals surface area contributed by atoms with Gasteiger partial charge in [-0.3, -0.25) is 4.79 Å². The lowest BCUT2D eigenvalue weighted by atomic mass is 10.2. The Morgan fingerprint density at radius 2 is 2.20 bits per heavy atom. The lowest BCUT2D eigenvalue weighted by Gasteiger charge is -2.23. The van der Waals surface area contributed by atoms with Crippen molar-refractivity contribution in [3.05, 3.63) is 34.6 Å². The van der Waals surface area contributed by atoms with Gasteiger partial charge in [-0.05, 0) is 31.2 Å². The van der Waals surface area contributed by atoms with Crippen molar-refractivity contribution in [2.24, 2.45) is 0 Å². The predicted octanol–water partition coefficient (Wildman–Crippen LogP) is 2.48. The van der Waals surface area contributed by atoms with Crippen molar-refractivity contribution in [2.75, 3.05) is 19.8 Å². The zero-order chi connectivity index (χ0) is 16.9. The third-order valence-electron chi connectivity index (χ3n) is 3.72. The van der Waals surface area contributed by atoms with Crippen molar-refractivity contribution in [1.82, 2.24) is 20.8 Å². The number of amides is 1. The highest BCUT2D eigenvalue weighted by molar-refractivity contribution is 9.10. The summed E-state index contributed by atoms with van der Waals surface area (Å²) in [6.07, 6.45) is 0.359. The largest absolute Gasteiger partial charge is 0.378 e. The summed E-state index contributed by atoms with van der Waals surface area (Å²) in [4.78, 5) is 16.5. The summed E-state index contributed by atoms with van der Waals surface area (Å²) < 4.78 is 11.6. The molecule has 2 aromatic rings. The molecular formula is C16H20BrClN4O3. The molecule has 1 aromatic carbocycles. The molecule has 1 aromatic heterocycles. The first kappa shape index (κ1) is 19.8. The molecule has 1 saturated heterocycles. The van der Waals surface area contributed by atoms with E-state index in [1.165, 1.54) is 0 Å². The van der Waals surface area contributed by atoms with Crippen molar-refractivity contribution in [3.63, 3.8) is 0 Å². The third-order valence-corrected chi connectivity index (χ3v) is 4.25. The second-order valence-electron chi connectivity index (χ2n) is 5.68. The van der Waals surface area contributed by atoms with Crippen LogP contribution in [0.1, 0.15) is 25.3 Å². The summed E-state index contributed by atoms with van der Waals surface area (Å²) in [5.74, 6) is 0.809. The molecule has 2 unspecified atom stereocenters. The van der Waals surface area contributed by atoms with Crippen molar-refractivity contribution in [3.8, 4) is 11.4 Å². The third kappa shape index (κ3) is 5.50. The molecule has 136 valence electrons. The van der Waals surface area contributed by atoms with Crippen LogP contribution in [0.3, 0.4) is 0 Å². The second-order valence-corrected chi connectivity index (χ2v) is 6.60. The normalized spacial score (nSPS) is 18.2. The number of nitrogens with zero attached hydrogens (tertiary/aromatic N) is 2. The number of hydrogen-bond acceptors (Lipinski definition) is 6. The number of carbonyl (C=O) groups excluding carboxylic acids is 1. The van der Waals surface area contributed by atoms with Crippen LogP contribution in [0.15, 0.2) is 33.3 Å². The predicted molar refractivity (Wildman–Crippen MR) is 98.5 cm³/mol. The Bertz CT molecular complexity index is 689. The molecule has 0 bridgehead atoms. The first-order chi connectivity index (χ1) is 11.6. The molecule has 25 heavy (non-hydrogen) atoms. The Morgan fingerprint density at radius 1 is 1.44 bits per heavy atom. The first-order valence-electron chi connectivity index (χ1n) is 7.82. The number of halogens is 2. The molecule has 0 saturated carbocycles. The molecular weight excluding hydrogens is 412 g/mol. The van der Waals surface area contributed by atoms with E-state index in [9.17, 15) is 4.79 Å². The van der Waals surface area contributed by atoms with E-state index >= 15 is 0 Å². The van der Waals surface area contributed by atoms with Crippen LogP contribution in [0.25, 0.3) is 11.4 Å². The molecule has 1 aliphatic rings. The van der Waals surface area contributed by atoms with Gasteiger partial charge in [0.2, 0.25) is 17.6 Å². The lowest BCUT2D eigenvalue weighted by molar-refractivity contribution is -0.123. The van der Waals surface area contributed by atoms with Crippen LogP contribution in [-0.2, 0) is 9.53 Å². The average molecular weight is 432 g/mol. The molecule has 9 heteroatoms. The maximum atomic E-state index is 12.1. The number of nitrogens with one attached hydrogen (secondary N) is 2. The Labute approximate surface area is 160 Å². The van der Waals surface area contributed by atoms with E-state index in [1.54, 1.807) is 0 Å². The summed E-state index contributed by atoms with van der Waals surface area (Å²) in [6.45, 7) is 3.83. The number of carbonyl (C=O) groups is 1. The summed E-state index contributed by atoms with van der Waals surface area (Å²) >= 11 is 3.39. The van der Waals surface area contributed by atoms with Crippen LogP contribution in [0.2, 0.25) is 0 Å². The molecule has 0 spiro atoms. The zero-order valence-corrected chi connectivity index (χ0v) is 16.1. The van der Waals surface area contributed by atoms with Crippen molar-refractivity contribution in [1.29, 1.82) is 0 Å². The monoisotopic (exact) mass is 430 g/mol. The smallest absolute Gasteiger partial charge is 0.249 e. The summed E-state index contributed by atoms with van der Waals surface area (Å²) in [6, 6.07) is 7.32. The molecule has 7 nitrogen and oxygen atoms in total. The van der Waals surface area contributed by atoms with Gasteiger partial charge in [-0.25, -0.2) is 0 Å². The Hall–Kier alpha value is -1.48. The number of hydrogen-bond donors (Lipinski definition) is 2. The molecule has 0 radical (unpaired) electrons. The van der Waals surface area contributed by atoms with Crippen molar-refractivity contribution >= 4 is 34.2 Å². The lowest BCUT2D eigenvalue weighted by Crippen LogP contribution is -2.44. The number of morpholine rings is 1. The minimum Gasteiger partial charge on any atom is -0.378 e. The highest BCUT2D eigenvalue weighted by Crippen LogP contribution is 2.21. The standard InChI is InChI=1S/C16H19BrN4O3.ClH/c1-10(19-14(22)8-13-9-23-7-6-18-13)16-20-15(21-24-16)11-2-4-12(17)5-3-11;/h2-5,10,13,18H,6-9H2,1H3,(H,19,22);1H. The van der Waals surface area contributed by atoms with Gasteiger partial charge in [0.25, 0.3) is 0 Å². The highest BCUT2D eigenvalue weighted by atomic mass is 79.9. The Kier molecular flexibility index (Phi) is 7.37. The minimum atomic E-state index is -0.348. The zero-order valence-electron chi connectivity index (χ0n) is 13.7. The maximum absolute atomic E-state index is 12.1. The van der Waals surface area contributed by atoms with E-state index in [4.69, 9.17) is 9.26 Å². The fourth-order valence-electron chi connectivity index (χ4n) is 2.46. The Morgan fingerprint density at radius 3 is 2.88 bits per heavy atom. The van der Waals surface area contributed by atoms with E-state index in [1.807, 2.05) is 31.2 Å². The van der Waals surface area contributed by atoms with Gasteiger partial charge >= 0.3 is 0 Å². The summed E-state index contributed by atoms with van der Waals surface area (Å²) in [5, 5.41) is 10.1. The van der Waals surface area contributed by atoms with E-state index in [-0.39, 0.29) is 30.4 Å². The van der Waals surface area contributed by atoms with E-state index in [0.717, 1.165) is 16.6 Å². The average Bonchev–Trinajstić information content (AvgIpc) is 3.06. The van der Waals surface area contributed by atoms with Crippen LogP contribution in [0, 0.1) is 0 Å². The second kappa shape index (κ2) is 9.28. The SMILES string of the molecule is CC(NC(=O)CC1COCCN1)c1nc(-c2ccc(Br)cc2)no1.Cl. The van der Waals surface area contributed by atoms with Crippen molar-refractivity contribution < 1.29 is 14.1 Å². The number of ether oxygens (including phenoxy) is 1. The van der Waals surface area contributed by atoms with E-state index < -0.39 is 0 Å². The quantitative estimate of drug-likeness (QED) is 0.756. The topological polar surface area (TPSA) is 89.3 Å². The molecule has 1 fully saturated rings. The van der Waals surface area contributed by atoms with Crippen LogP contribution >= 0.6 is 28.3 Å². The molecule has 2 atom stereocenters. The van der Waals surface area contributed by atoms with Crippen LogP contribution < -0.4 is 10.6 Å². The minimum absolute atomic E-state index is 0. The summed E-state index contributed by atoms with van der Waals surface area (Å²) in [5.41, 5.74) is 0.857. The summed E-state index contributed by atoms with van der Waals surface area (Å²) in [7, 11) is 0. The van der Waals surface area contributed by atoms with Crippen LogP contribution in [0.4, 0.5) is 0 Å². The fraction of sp³-hybridized carbons (Fsp3) is 0.438. The number of benzene rings is 1. The van der Waals surface area contributed by atoms with Gasteiger partial charge in [0, 0.05) is 29.0 Å². The van der Waals surface area contributed by atoms with Gasteiger partial charge in [-0.1, -0.05) is 21.1 Å². The molecule has 1 aliphatic heterocycles. The fourth-order valence-corrected chi connectivity index (χ4v) is 2.73. The van der Waals surface area contributed by atoms with Gasteiger partial charge in [0.05, 0.1) is 13.2 Å². The van der Waals surface area contributed by atoms with Crippen LogP contribution in [-0.4, -0.2) is 41.8 Å². The van der Waals surface area contributed by atoms with Gasteiger partial charge in [0.1, 0.15) is 6.04 Å². The molecule has 1 amide bonds. The maximum Gasteiger partial charge on any atom is 0.249 e. The van der Waals surface area contributed by atoms with Gasteiger partial charge in [0.15, 0.2) is 0 Å². The Balaban J connectivity index is 0.00000225. The highest BCUT2D eigenvalue weighted by Gasteiger charge is 2.21. The van der Waals surface area contributed by atoms with Gasteiger partial charge in [-0.15, -0.1) is 12.4 Å². The molecule has 3 rings (SSSR count). The number of rotatable bonds is 5. The van der Waals surface area contributed by atoms with E-state index in [0.29, 0.717) is 31.3 Å². The van der Waals surface area contributed by atoms with Gasteiger partial charge in [-0.2, -0.15) is 4.98 Å². The first-order valence-corrected chi connectivity index (χ1v) is 8.61. The van der Waals surface area contributed by atoms with Gasteiger partial charge < -0.3 is 19.9 Å². The van der Waals surface area contributed by atoms with Crippen LogP contribution in [0.5, 0.6) is 0 Å². The molecule has 0 aliphatic carbocycles. The van der Waals surface area contributed by atoms with Crippen molar-refractivity contribution in [2.45, 2.75) is 25.4 Å². The molecule has 2 N–H and O–H groups in total.